The summed E-state index contributed by atoms with van der Waals surface area (Å²) in [4.78, 5) is 22.6. The molecule has 3 atom stereocenters. The van der Waals surface area contributed by atoms with Gasteiger partial charge < -0.3 is 21.7 Å². The van der Waals surface area contributed by atoms with Gasteiger partial charge in [-0.3, -0.25) is 14.7 Å². The van der Waals surface area contributed by atoms with E-state index in [1.165, 1.54) is 5.39 Å². The highest BCUT2D eigenvalue weighted by atomic mass is 35.5. The van der Waals surface area contributed by atoms with Crippen molar-refractivity contribution < 1.29 is 4.79 Å². The molecule has 3 aromatic rings. The Kier molecular flexibility index (Phi) is 12.7. The summed E-state index contributed by atoms with van der Waals surface area (Å²) in [5, 5.41) is 6.77. The minimum Gasteiger partial charge on any atom is -0.370 e. The van der Waals surface area contributed by atoms with Crippen LogP contribution in [-0.2, 0) is 17.6 Å². The van der Waals surface area contributed by atoms with E-state index < -0.39 is 0 Å². The average Bonchev–Trinajstić information content (AvgIpc) is 2.98. The van der Waals surface area contributed by atoms with Gasteiger partial charge in [-0.25, -0.2) is 0 Å². The fourth-order valence-electron chi connectivity index (χ4n) is 6.32. The molecule has 0 aliphatic carbocycles. The lowest BCUT2D eigenvalue weighted by Crippen LogP contribution is -2.62. The number of carbonyl (C=O) groups is 1. The van der Waals surface area contributed by atoms with Gasteiger partial charge in [-0.05, 0) is 65.6 Å². The molecule has 1 amide bonds. The molecule has 1 fully saturated rings. The smallest absolute Gasteiger partial charge is 0.227 e. The van der Waals surface area contributed by atoms with E-state index in [-0.39, 0.29) is 24.0 Å². The van der Waals surface area contributed by atoms with Gasteiger partial charge in [0.2, 0.25) is 5.91 Å². The fourth-order valence-corrected chi connectivity index (χ4v) is 6.81. The van der Waals surface area contributed by atoms with Crippen LogP contribution in [0.5, 0.6) is 0 Å². The Hall–Kier alpha value is -2.84. The first kappa shape index (κ1) is 34.0. The molecule has 0 spiro atoms. The molecule has 44 heavy (non-hydrogen) atoms. The second-order valence-electron chi connectivity index (χ2n) is 12.5. The Morgan fingerprint density at radius 3 is 2.52 bits per heavy atom. The third kappa shape index (κ3) is 9.83. The van der Waals surface area contributed by atoms with Crippen molar-refractivity contribution in [2.45, 2.75) is 70.5 Å². The van der Waals surface area contributed by atoms with Crippen molar-refractivity contribution in [1.29, 1.82) is 0 Å². The zero-order valence-electron chi connectivity index (χ0n) is 26.3. The summed E-state index contributed by atoms with van der Waals surface area (Å²) in [5.41, 5.74) is 14.6. The van der Waals surface area contributed by atoms with Gasteiger partial charge in [-0.1, -0.05) is 92.0 Å². The van der Waals surface area contributed by atoms with Crippen LogP contribution in [0.4, 0.5) is 0 Å². The van der Waals surface area contributed by atoms with Crippen LogP contribution in [0, 0.1) is 5.92 Å². The third-order valence-corrected chi connectivity index (χ3v) is 9.11. The summed E-state index contributed by atoms with van der Waals surface area (Å²) >= 11 is 12.6. The minimum absolute atomic E-state index is 0.0991. The SMILES string of the molecule is CN=C(N)NCCCC[C@H]1CN(C(=O)Cc2ccc3ccccc3c2)[C@H](CC(C)C)CN1C[C@H](N)Cc1ccc(Cl)cc1Cl. The van der Waals surface area contributed by atoms with Gasteiger partial charge in [0.25, 0.3) is 0 Å². The van der Waals surface area contributed by atoms with Gasteiger partial charge in [-0.15, -0.1) is 0 Å². The molecule has 4 rings (SSSR count). The van der Waals surface area contributed by atoms with Crippen LogP contribution < -0.4 is 16.8 Å². The van der Waals surface area contributed by atoms with Crippen molar-refractivity contribution in [2.24, 2.45) is 22.4 Å². The molecule has 0 radical (unpaired) electrons. The van der Waals surface area contributed by atoms with Crippen molar-refractivity contribution in [3.8, 4) is 0 Å². The van der Waals surface area contributed by atoms with Gasteiger partial charge in [-0.2, -0.15) is 0 Å². The molecule has 5 N–H and O–H groups in total. The highest BCUT2D eigenvalue weighted by Crippen LogP contribution is 2.27. The van der Waals surface area contributed by atoms with Crippen LogP contribution in [0.1, 0.15) is 50.7 Å². The molecular formula is C35H48Cl2N6O. The molecule has 238 valence electrons. The van der Waals surface area contributed by atoms with Crippen LogP contribution >= 0.6 is 23.2 Å². The number of aliphatic imine (C=N–C) groups is 1. The number of nitrogens with one attached hydrogen (secondary N) is 1. The van der Waals surface area contributed by atoms with E-state index in [9.17, 15) is 4.79 Å². The first-order valence-electron chi connectivity index (χ1n) is 15.8. The van der Waals surface area contributed by atoms with E-state index in [1.54, 1.807) is 13.1 Å². The van der Waals surface area contributed by atoms with E-state index >= 15 is 0 Å². The number of guanidine groups is 1. The highest BCUT2D eigenvalue weighted by molar-refractivity contribution is 6.35. The van der Waals surface area contributed by atoms with Crippen LogP contribution in [0.25, 0.3) is 10.8 Å². The van der Waals surface area contributed by atoms with Crippen molar-refractivity contribution in [3.63, 3.8) is 0 Å². The number of nitrogens with two attached hydrogens (primary N) is 2. The van der Waals surface area contributed by atoms with Gasteiger partial charge >= 0.3 is 0 Å². The highest BCUT2D eigenvalue weighted by Gasteiger charge is 2.36. The maximum atomic E-state index is 14.0. The summed E-state index contributed by atoms with van der Waals surface area (Å²) in [6.45, 7) is 7.47. The van der Waals surface area contributed by atoms with E-state index in [2.05, 4.69) is 64.3 Å². The molecule has 1 aliphatic rings. The van der Waals surface area contributed by atoms with Crippen molar-refractivity contribution in [2.75, 3.05) is 33.2 Å². The Morgan fingerprint density at radius 1 is 1.02 bits per heavy atom. The van der Waals surface area contributed by atoms with Crippen molar-refractivity contribution >= 4 is 45.8 Å². The number of benzene rings is 3. The largest absolute Gasteiger partial charge is 0.370 e. The number of halogens is 2. The monoisotopic (exact) mass is 638 g/mol. The number of amides is 1. The Morgan fingerprint density at radius 2 is 1.80 bits per heavy atom. The predicted molar refractivity (Wildman–Crippen MR) is 186 cm³/mol. The van der Waals surface area contributed by atoms with Gasteiger partial charge in [0.05, 0.1) is 6.42 Å². The lowest BCUT2D eigenvalue weighted by atomic mass is 9.93. The molecule has 3 aromatic carbocycles. The van der Waals surface area contributed by atoms with Crippen LogP contribution in [-0.4, -0.2) is 73.0 Å². The minimum atomic E-state index is -0.0991. The molecule has 0 bridgehead atoms. The summed E-state index contributed by atoms with van der Waals surface area (Å²) in [6, 6.07) is 20.5. The van der Waals surface area contributed by atoms with E-state index in [4.69, 9.17) is 34.7 Å². The quantitative estimate of drug-likeness (QED) is 0.123. The Labute approximate surface area is 273 Å². The van der Waals surface area contributed by atoms with E-state index in [1.807, 2.05) is 24.3 Å². The number of fused-ring (bicyclic) bond motifs is 1. The zero-order valence-corrected chi connectivity index (χ0v) is 27.8. The number of nitrogens with zero attached hydrogens (tertiary/aromatic N) is 3. The molecule has 0 unspecified atom stereocenters. The van der Waals surface area contributed by atoms with Gasteiger partial charge in [0.15, 0.2) is 5.96 Å². The fraction of sp³-hybridized carbons (Fsp3) is 0.486. The first-order valence-corrected chi connectivity index (χ1v) is 16.5. The summed E-state index contributed by atoms with van der Waals surface area (Å²) in [6.07, 6.45) is 4.95. The molecular weight excluding hydrogens is 591 g/mol. The molecule has 1 heterocycles. The summed E-state index contributed by atoms with van der Waals surface area (Å²) in [7, 11) is 1.68. The number of piperazine rings is 1. The molecule has 0 saturated carbocycles. The number of unbranched alkanes of at least 4 members (excludes halogenated alkanes) is 1. The van der Waals surface area contributed by atoms with Crippen LogP contribution in [0.2, 0.25) is 10.0 Å². The normalized spacial score (nSPS) is 18.6. The summed E-state index contributed by atoms with van der Waals surface area (Å²) < 4.78 is 0. The van der Waals surface area contributed by atoms with E-state index in [0.29, 0.717) is 41.3 Å². The second-order valence-corrected chi connectivity index (χ2v) is 13.4. The molecule has 1 saturated heterocycles. The topological polar surface area (TPSA) is 100.0 Å². The zero-order chi connectivity index (χ0) is 31.6. The third-order valence-electron chi connectivity index (χ3n) is 8.52. The lowest BCUT2D eigenvalue weighted by Gasteiger charge is -2.48. The number of rotatable bonds is 13. The molecule has 1 aliphatic heterocycles. The molecule has 7 nitrogen and oxygen atoms in total. The number of hydrogen-bond donors (Lipinski definition) is 3. The standard InChI is InChI=1S/C35H48Cl2N6O/c1-24(2)16-32-22-42(21-30(38)19-28-13-14-29(36)20-33(28)37)31(10-6-7-15-41-35(39)40-3)23-43(32)34(44)18-25-11-12-26-8-4-5-9-27(26)17-25/h4-5,8-9,11-14,17,20,24,30-32H,6-7,10,15-16,18-19,21-23,38H2,1-3H3,(H3,39,40,41)/t30-,31+,32-/m1/s1. The Balaban J connectivity index is 1.50. The number of carbonyl (C=O) groups excluding carboxylic acids is 1. The second kappa shape index (κ2) is 16.5. The molecule has 9 heteroatoms. The maximum absolute atomic E-state index is 14.0. The summed E-state index contributed by atoms with van der Waals surface area (Å²) in [5.74, 6) is 1.12. The van der Waals surface area contributed by atoms with Gasteiger partial charge in [0, 0.05) is 61.4 Å². The number of hydrogen-bond acceptors (Lipinski definition) is 4. The van der Waals surface area contributed by atoms with Crippen molar-refractivity contribution in [3.05, 3.63) is 81.8 Å². The van der Waals surface area contributed by atoms with Crippen LogP contribution in [0.15, 0.2) is 65.7 Å². The van der Waals surface area contributed by atoms with E-state index in [0.717, 1.165) is 61.8 Å². The maximum Gasteiger partial charge on any atom is 0.227 e. The lowest BCUT2D eigenvalue weighted by molar-refractivity contribution is -0.138. The van der Waals surface area contributed by atoms with Gasteiger partial charge in [0.1, 0.15) is 0 Å². The first-order chi connectivity index (χ1) is 21.1. The Bertz CT molecular complexity index is 1410. The predicted octanol–water partition coefficient (Wildman–Crippen LogP) is 5.89. The van der Waals surface area contributed by atoms with Crippen molar-refractivity contribution in [1.82, 2.24) is 15.1 Å². The molecule has 0 aromatic heterocycles. The van der Waals surface area contributed by atoms with Crippen LogP contribution in [0.3, 0.4) is 0 Å². The average molecular weight is 640 g/mol.